The van der Waals surface area contributed by atoms with Crippen molar-refractivity contribution in [2.75, 3.05) is 0 Å². The zero-order valence-corrected chi connectivity index (χ0v) is 21.3. The number of benzene rings is 4. The summed E-state index contributed by atoms with van der Waals surface area (Å²) in [7, 11) is 0. The van der Waals surface area contributed by atoms with Crippen molar-refractivity contribution in [1.82, 2.24) is 15.0 Å². The Labute approximate surface area is 221 Å². The number of aromatic nitrogens is 3. The highest BCUT2D eigenvalue weighted by atomic mass is 14.8. The Morgan fingerprint density at radius 2 is 1.18 bits per heavy atom. The summed E-state index contributed by atoms with van der Waals surface area (Å²) in [5.74, 6) is 0. The highest BCUT2D eigenvalue weighted by molar-refractivity contribution is 6.08. The normalized spacial score (nSPS) is 11.4. The van der Waals surface area contributed by atoms with Crippen LogP contribution in [0.4, 0.5) is 0 Å². The van der Waals surface area contributed by atoms with Gasteiger partial charge in [-0.3, -0.25) is 15.0 Å². The van der Waals surface area contributed by atoms with Crippen molar-refractivity contribution >= 4 is 32.6 Å². The van der Waals surface area contributed by atoms with E-state index in [9.17, 15) is 0 Å². The molecule has 3 heterocycles. The predicted octanol–water partition coefficient (Wildman–Crippen LogP) is 8.95. The van der Waals surface area contributed by atoms with Crippen molar-refractivity contribution < 1.29 is 0 Å². The van der Waals surface area contributed by atoms with E-state index in [1.807, 2.05) is 26.1 Å². The molecule has 0 aliphatic heterocycles. The van der Waals surface area contributed by atoms with Gasteiger partial charge < -0.3 is 0 Å². The van der Waals surface area contributed by atoms with Crippen LogP contribution in [-0.4, -0.2) is 15.0 Å². The predicted molar refractivity (Wildman–Crippen MR) is 158 cm³/mol. The molecular formula is C35H25N3. The van der Waals surface area contributed by atoms with Crippen molar-refractivity contribution in [2.45, 2.75) is 13.8 Å². The average molecular weight is 488 g/mol. The fourth-order valence-corrected chi connectivity index (χ4v) is 5.44. The van der Waals surface area contributed by atoms with Crippen molar-refractivity contribution in [2.24, 2.45) is 0 Å². The maximum absolute atomic E-state index is 4.95. The van der Waals surface area contributed by atoms with Gasteiger partial charge in [-0.1, -0.05) is 91.0 Å². The second kappa shape index (κ2) is 8.89. The van der Waals surface area contributed by atoms with Crippen molar-refractivity contribution in [3.63, 3.8) is 0 Å². The van der Waals surface area contributed by atoms with Gasteiger partial charge in [0.2, 0.25) is 0 Å². The van der Waals surface area contributed by atoms with E-state index < -0.39 is 0 Å². The highest BCUT2D eigenvalue weighted by Crippen LogP contribution is 2.36. The number of fused-ring (bicyclic) bond motifs is 4. The third kappa shape index (κ3) is 3.72. The minimum absolute atomic E-state index is 0.938. The molecule has 3 nitrogen and oxygen atoms in total. The molecule has 0 unspecified atom stereocenters. The molecule has 3 heteroatoms. The Kier molecular flexibility index (Phi) is 5.22. The fraction of sp³-hybridized carbons (Fsp3) is 0.0571. The summed E-state index contributed by atoms with van der Waals surface area (Å²) in [4.78, 5) is 14.6. The van der Waals surface area contributed by atoms with Gasteiger partial charge in [0.05, 0.1) is 16.7 Å². The SMILES string of the molecule is Cc1ccc2ccc3c(-c4ccc(-c5ccc(-c6ccccc6)c6ccccc56)nc4)cc(C)nc3c2n1. The van der Waals surface area contributed by atoms with Gasteiger partial charge in [-0.15, -0.1) is 0 Å². The van der Waals surface area contributed by atoms with Crippen LogP contribution in [0.2, 0.25) is 0 Å². The fourth-order valence-electron chi connectivity index (χ4n) is 5.44. The Morgan fingerprint density at radius 3 is 1.97 bits per heavy atom. The molecule has 38 heavy (non-hydrogen) atoms. The molecule has 0 radical (unpaired) electrons. The van der Waals surface area contributed by atoms with Gasteiger partial charge in [-0.2, -0.15) is 0 Å². The lowest BCUT2D eigenvalue weighted by atomic mass is 9.93. The molecule has 0 spiro atoms. The first kappa shape index (κ1) is 22.3. The van der Waals surface area contributed by atoms with Crippen LogP contribution in [0.3, 0.4) is 0 Å². The monoisotopic (exact) mass is 487 g/mol. The van der Waals surface area contributed by atoms with E-state index in [0.717, 1.165) is 55.6 Å². The van der Waals surface area contributed by atoms with E-state index in [-0.39, 0.29) is 0 Å². The molecule has 0 amide bonds. The highest BCUT2D eigenvalue weighted by Gasteiger charge is 2.13. The zero-order valence-electron chi connectivity index (χ0n) is 21.3. The molecule has 0 N–H and O–H groups in total. The maximum atomic E-state index is 4.95. The van der Waals surface area contributed by atoms with E-state index in [4.69, 9.17) is 15.0 Å². The molecule has 4 aromatic carbocycles. The smallest absolute Gasteiger partial charge is 0.0974 e. The van der Waals surface area contributed by atoms with Crippen LogP contribution in [0.1, 0.15) is 11.4 Å². The molecule has 0 saturated carbocycles. The summed E-state index contributed by atoms with van der Waals surface area (Å²) in [6.45, 7) is 4.06. The first-order valence-electron chi connectivity index (χ1n) is 12.9. The average Bonchev–Trinajstić information content (AvgIpc) is 2.97. The van der Waals surface area contributed by atoms with E-state index in [2.05, 4.69) is 103 Å². The molecule has 0 aliphatic rings. The molecule has 0 aliphatic carbocycles. The number of aryl methyl sites for hydroxylation is 2. The Hall–Kier alpha value is -4.89. The van der Waals surface area contributed by atoms with Gasteiger partial charge in [0.15, 0.2) is 0 Å². The van der Waals surface area contributed by atoms with Gasteiger partial charge >= 0.3 is 0 Å². The van der Waals surface area contributed by atoms with Gasteiger partial charge in [0.1, 0.15) is 0 Å². The van der Waals surface area contributed by atoms with Gasteiger partial charge in [0.25, 0.3) is 0 Å². The van der Waals surface area contributed by atoms with Gasteiger partial charge in [0, 0.05) is 39.5 Å². The topological polar surface area (TPSA) is 38.7 Å². The largest absolute Gasteiger partial charge is 0.256 e. The third-order valence-electron chi connectivity index (χ3n) is 7.27. The van der Waals surface area contributed by atoms with Gasteiger partial charge in [-0.05, 0) is 59.5 Å². The van der Waals surface area contributed by atoms with Crippen LogP contribution in [0.5, 0.6) is 0 Å². The molecule has 0 fully saturated rings. The quantitative estimate of drug-likeness (QED) is 0.234. The molecule has 7 aromatic rings. The number of hydrogen-bond donors (Lipinski definition) is 0. The lowest BCUT2D eigenvalue weighted by molar-refractivity contribution is 1.23. The first-order chi connectivity index (χ1) is 18.7. The second-order valence-corrected chi connectivity index (χ2v) is 9.80. The van der Waals surface area contributed by atoms with Crippen LogP contribution < -0.4 is 0 Å². The number of hydrogen-bond acceptors (Lipinski definition) is 3. The Morgan fingerprint density at radius 1 is 0.474 bits per heavy atom. The van der Waals surface area contributed by atoms with E-state index in [1.54, 1.807) is 0 Å². The molecule has 0 atom stereocenters. The van der Waals surface area contributed by atoms with E-state index in [1.165, 1.54) is 21.9 Å². The van der Waals surface area contributed by atoms with Crippen LogP contribution in [0, 0.1) is 13.8 Å². The minimum atomic E-state index is 0.938. The lowest BCUT2D eigenvalue weighted by Crippen LogP contribution is -1.93. The molecule has 3 aromatic heterocycles. The van der Waals surface area contributed by atoms with Crippen LogP contribution >= 0.6 is 0 Å². The molecular weight excluding hydrogens is 462 g/mol. The zero-order chi connectivity index (χ0) is 25.6. The summed E-state index contributed by atoms with van der Waals surface area (Å²) in [5.41, 5.74) is 10.6. The number of pyridine rings is 3. The van der Waals surface area contributed by atoms with Gasteiger partial charge in [-0.25, -0.2) is 0 Å². The summed E-state index contributed by atoms with van der Waals surface area (Å²) < 4.78 is 0. The molecule has 7 rings (SSSR count). The summed E-state index contributed by atoms with van der Waals surface area (Å²) in [6.07, 6.45) is 1.98. The van der Waals surface area contributed by atoms with Crippen molar-refractivity contribution in [3.05, 3.63) is 127 Å². The molecule has 0 bridgehead atoms. The second-order valence-electron chi connectivity index (χ2n) is 9.80. The first-order valence-corrected chi connectivity index (χ1v) is 12.9. The standard InChI is InChI=1S/C35H25N3/c1-22-12-13-25-14-16-31-32(20-23(2)38-35(31)34(25)37-22)26-15-19-33(36-21-26)30-18-17-27(24-8-4-3-5-9-24)28-10-6-7-11-29(28)30/h3-21H,1-2H3. The summed E-state index contributed by atoms with van der Waals surface area (Å²) >= 11 is 0. The Balaban J connectivity index is 1.35. The van der Waals surface area contributed by atoms with Crippen LogP contribution in [-0.2, 0) is 0 Å². The maximum Gasteiger partial charge on any atom is 0.0974 e. The molecule has 180 valence electrons. The molecule has 0 saturated heterocycles. The van der Waals surface area contributed by atoms with Crippen molar-refractivity contribution in [3.8, 4) is 33.5 Å². The van der Waals surface area contributed by atoms with Crippen molar-refractivity contribution in [1.29, 1.82) is 0 Å². The lowest BCUT2D eigenvalue weighted by Gasteiger charge is -2.13. The van der Waals surface area contributed by atoms with Crippen LogP contribution in [0.25, 0.3) is 66.1 Å². The number of nitrogens with zero attached hydrogens (tertiary/aromatic N) is 3. The minimum Gasteiger partial charge on any atom is -0.256 e. The summed E-state index contributed by atoms with van der Waals surface area (Å²) in [6, 6.07) is 38.4. The summed E-state index contributed by atoms with van der Waals surface area (Å²) in [5, 5.41) is 4.62. The Bertz CT molecular complexity index is 1970. The third-order valence-corrected chi connectivity index (χ3v) is 7.27. The number of rotatable bonds is 3. The van der Waals surface area contributed by atoms with Crippen LogP contribution in [0.15, 0.2) is 115 Å². The van der Waals surface area contributed by atoms with E-state index in [0.29, 0.717) is 0 Å². The van der Waals surface area contributed by atoms with E-state index >= 15 is 0 Å².